The lowest BCUT2D eigenvalue weighted by Gasteiger charge is -2.24. The first-order chi connectivity index (χ1) is 9.33. The van der Waals surface area contributed by atoms with E-state index in [1.54, 1.807) is 0 Å². The molecule has 0 bridgehead atoms. The van der Waals surface area contributed by atoms with Gasteiger partial charge in [-0.25, -0.2) is 4.79 Å². The highest BCUT2D eigenvalue weighted by atomic mass is 79.9. The summed E-state index contributed by atoms with van der Waals surface area (Å²) >= 11 is 3.45. The Morgan fingerprint density at radius 1 is 1.35 bits per heavy atom. The fourth-order valence-corrected chi connectivity index (χ4v) is 2.71. The molecule has 110 valence electrons. The van der Waals surface area contributed by atoms with Crippen molar-refractivity contribution in [1.29, 1.82) is 0 Å². The number of ether oxygens (including phenoxy) is 1. The van der Waals surface area contributed by atoms with E-state index in [4.69, 9.17) is 4.74 Å². The van der Waals surface area contributed by atoms with Gasteiger partial charge < -0.3 is 9.64 Å². The number of amides is 1. The molecular formula is C16H22BrNO2. The van der Waals surface area contributed by atoms with Gasteiger partial charge in [-0.05, 0) is 57.2 Å². The van der Waals surface area contributed by atoms with Crippen molar-refractivity contribution in [1.82, 2.24) is 4.90 Å². The van der Waals surface area contributed by atoms with Gasteiger partial charge in [-0.1, -0.05) is 28.1 Å². The number of rotatable bonds is 2. The van der Waals surface area contributed by atoms with Crippen LogP contribution in [0.3, 0.4) is 0 Å². The van der Waals surface area contributed by atoms with E-state index in [1.807, 2.05) is 25.7 Å². The molecule has 20 heavy (non-hydrogen) atoms. The van der Waals surface area contributed by atoms with Gasteiger partial charge in [0, 0.05) is 17.6 Å². The summed E-state index contributed by atoms with van der Waals surface area (Å²) in [4.78, 5) is 13.8. The lowest BCUT2D eigenvalue weighted by atomic mass is 9.99. The molecule has 1 fully saturated rings. The summed E-state index contributed by atoms with van der Waals surface area (Å²) in [6.45, 7) is 7.31. The van der Waals surface area contributed by atoms with Crippen molar-refractivity contribution in [2.45, 2.75) is 39.2 Å². The van der Waals surface area contributed by atoms with E-state index in [1.165, 1.54) is 5.56 Å². The van der Waals surface area contributed by atoms with Crippen LogP contribution in [0, 0.1) is 5.92 Å². The Kier molecular flexibility index (Phi) is 4.74. The molecule has 2 rings (SSSR count). The molecular weight excluding hydrogens is 318 g/mol. The molecule has 0 radical (unpaired) electrons. The van der Waals surface area contributed by atoms with Crippen molar-refractivity contribution in [2.75, 3.05) is 13.1 Å². The summed E-state index contributed by atoms with van der Waals surface area (Å²) in [6, 6.07) is 8.41. The lowest BCUT2D eigenvalue weighted by Crippen LogP contribution is -2.35. The Labute approximate surface area is 129 Å². The van der Waals surface area contributed by atoms with E-state index in [0.717, 1.165) is 30.4 Å². The molecule has 1 heterocycles. The van der Waals surface area contributed by atoms with Gasteiger partial charge in [-0.3, -0.25) is 0 Å². The number of carbonyl (C=O) groups is 1. The first-order valence-electron chi connectivity index (χ1n) is 7.06. The minimum atomic E-state index is -0.416. The summed E-state index contributed by atoms with van der Waals surface area (Å²) in [5, 5.41) is 0. The van der Waals surface area contributed by atoms with Gasteiger partial charge in [-0.15, -0.1) is 0 Å². The molecule has 0 N–H and O–H groups in total. The standard InChI is InChI=1S/C16H22BrNO2/c1-16(2,3)20-15(19)18-9-8-13(11-18)10-12-4-6-14(17)7-5-12/h4-7,13H,8-11H2,1-3H3/t13-/m1/s1. The normalized spacial score (nSPS) is 19.2. The molecule has 0 aromatic heterocycles. The summed E-state index contributed by atoms with van der Waals surface area (Å²) < 4.78 is 6.52. The molecule has 0 aliphatic carbocycles. The van der Waals surface area contributed by atoms with Gasteiger partial charge in [0.05, 0.1) is 0 Å². The third-order valence-corrected chi connectivity index (χ3v) is 3.90. The van der Waals surface area contributed by atoms with Crippen LogP contribution < -0.4 is 0 Å². The van der Waals surface area contributed by atoms with Crippen LogP contribution in [0.2, 0.25) is 0 Å². The van der Waals surface area contributed by atoms with Crippen LogP contribution in [0.4, 0.5) is 4.79 Å². The van der Waals surface area contributed by atoms with Crippen LogP contribution in [-0.4, -0.2) is 29.7 Å². The Hall–Kier alpha value is -1.03. The molecule has 1 saturated heterocycles. The topological polar surface area (TPSA) is 29.5 Å². The summed E-state index contributed by atoms with van der Waals surface area (Å²) in [6.07, 6.45) is 1.89. The third-order valence-electron chi connectivity index (χ3n) is 3.38. The number of hydrogen-bond donors (Lipinski definition) is 0. The van der Waals surface area contributed by atoms with Crippen LogP contribution in [0.1, 0.15) is 32.8 Å². The van der Waals surface area contributed by atoms with Crippen LogP contribution in [0.15, 0.2) is 28.7 Å². The van der Waals surface area contributed by atoms with Crippen molar-refractivity contribution in [3.8, 4) is 0 Å². The molecule has 1 amide bonds. The Bertz CT molecular complexity index is 464. The highest BCUT2D eigenvalue weighted by molar-refractivity contribution is 9.10. The van der Waals surface area contributed by atoms with E-state index in [0.29, 0.717) is 5.92 Å². The Morgan fingerprint density at radius 2 is 2.00 bits per heavy atom. The highest BCUT2D eigenvalue weighted by Crippen LogP contribution is 2.23. The number of benzene rings is 1. The monoisotopic (exact) mass is 339 g/mol. The number of likely N-dealkylation sites (tertiary alicyclic amines) is 1. The molecule has 1 aliphatic heterocycles. The number of carbonyl (C=O) groups excluding carboxylic acids is 1. The second-order valence-corrected chi connectivity index (χ2v) is 7.33. The van der Waals surface area contributed by atoms with Crippen molar-refractivity contribution in [3.63, 3.8) is 0 Å². The van der Waals surface area contributed by atoms with Crippen molar-refractivity contribution >= 4 is 22.0 Å². The molecule has 1 aromatic carbocycles. The maximum absolute atomic E-state index is 12.0. The predicted octanol–water partition coefficient (Wildman–Crippen LogP) is 4.25. The zero-order chi connectivity index (χ0) is 14.8. The molecule has 1 aliphatic rings. The van der Waals surface area contributed by atoms with Gasteiger partial charge in [0.1, 0.15) is 5.60 Å². The first kappa shape index (κ1) is 15.4. The molecule has 0 saturated carbocycles. The third kappa shape index (κ3) is 4.51. The second kappa shape index (κ2) is 6.17. The number of hydrogen-bond acceptors (Lipinski definition) is 2. The molecule has 0 spiro atoms. The van der Waals surface area contributed by atoms with E-state index < -0.39 is 5.60 Å². The summed E-state index contributed by atoms with van der Waals surface area (Å²) in [5.41, 5.74) is 0.908. The molecule has 3 nitrogen and oxygen atoms in total. The smallest absolute Gasteiger partial charge is 0.410 e. The van der Waals surface area contributed by atoms with E-state index in [2.05, 4.69) is 40.2 Å². The summed E-state index contributed by atoms with van der Waals surface area (Å²) in [5.74, 6) is 0.531. The summed E-state index contributed by atoms with van der Waals surface area (Å²) in [7, 11) is 0. The van der Waals surface area contributed by atoms with Crippen LogP contribution in [-0.2, 0) is 11.2 Å². The minimum Gasteiger partial charge on any atom is -0.444 e. The quantitative estimate of drug-likeness (QED) is 0.806. The zero-order valence-electron chi connectivity index (χ0n) is 12.4. The van der Waals surface area contributed by atoms with Gasteiger partial charge in [-0.2, -0.15) is 0 Å². The average Bonchev–Trinajstić information content (AvgIpc) is 2.79. The predicted molar refractivity (Wildman–Crippen MR) is 83.8 cm³/mol. The lowest BCUT2D eigenvalue weighted by molar-refractivity contribution is 0.0288. The van der Waals surface area contributed by atoms with E-state index >= 15 is 0 Å². The average molecular weight is 340 g/mol. The first-order valence-corrected chi connectivity index (χ1v) is 7.85. The second-order valence-electron chi connectivity index (χ2n) is 6.41. The maximum atomic E-state index is 12.0. The molecule has 1 aromatic rings. The molecule has 0 unspecified atom stereocenters. The number of nitrogens with zero attached hydrogens (tertiary/aromatic N) is 1. The van der Waals surface area contributed by atoms with Crippen LogP contribution in [0.5, 0.6) is 0 Å². The SMILES string of the molecule is CC(C)(C)OC(=O)N1CC[C@H](Cc2ccc(Br)cc2)C1. The fraction of sp³-hybridized carbons (Fsp3) is 0.562. The van der Waals surface area contributed by atoms with Gasteiger partial charge in [0.25, 0.3) is 0 Å². The van der Waals surface area contributed by atoms with Crippen molar-refractivity contribution in [2.24, 2.45) is 5.92 Å². The Morgan fingerprint density at radius 3 is 2.60 bits per heavy atom. The minimum absolute atomic E-state index is 0.184. The number of halogens is 1. The van der Waals surface area contributed by atoms with Crippen LogP contribution in [0.25, 0.3) is 0 Å². The van der Waals surface area contributed by atoms with Gasteiger partial charge >= 0.3 is 6.09 Å². The van der Waals surface area contributed by atoms with Crippen LogP contribution >= 0.6 is 15.9 Å². The van der Waals surface area contributed by atoms with Gasteiger partial charge in [0.15, 0.2) is 0 Å². The van der Waals surface area contributed by atoms with Crippen molar-refractivity contribution in [3.05, 3.63) is 34.3 Å². The zero-order valence-corrected chi connectivity index (χ0v) is 13.9. The van der Waals surface area contributed by atoms with Crippen molar-refractivity contribution < 1.29 is 9.53 Å². The maximum Gasteiger partial charge on any atom is 0.410 e. The van der Waals surface area contributed by atoms with E-state index in [-0.39, 0.29) is 6.09 Å². The largest absolute Gasteiger partial charge is 0.444 e. The van der Waals surface area contributed by atoms with E-state index in [9.17, 15) is 4.79 Å². The fourth-order valence-electron chi connectivity index (χ4n) is 2.45. The Balaban J connectivity index is 1.86. The molecule has 1 atom stereocenters. The highest BCUT2D eigenvalue weighted by Gasteiger charge is 2.29. The van der Waals surface area contributed by atoms with Gasteiger partial charge in [0.2, 0.25) is 0 Å². The molecule has 4 heteroatoms.